The fourth-order valence-corrected chi connectivity index (χ4v) is 5.14. The Labute approximate surface area is 217 Å². The van der Waals surface area contributed by atoms with Crippen LogP contribution in [-0.2, 0) is 0 Å². The first kappa shape index (κ1) is 25.4. The molecule has 0 saturated carbocycles. The number of carbonyl (C=O) groups excluding carboxylic acids is 1. The summed E-state index contributed by atoms with van der Waals surface area (Å²) in [5.41, 5.74) is 3.79. The van der Waals surface area contributed by atoms with Gasteiger partial charge in [0.25, 0.3) is 5.91 Å². The van der Waals surface area contributed by atoms with Gasteiger partial charge in [-0.25, -0.2) is 4.68 Å². The number of amides is 1. The number of piperazine rings is 1. The third-order valence-corrected chi connectivity index (χ3v) is 7.06. The highest BCUT2D eigenvalue weighted by molar-refractivity contribution is 6.30. The van der Waals surface area contributed by atoms with E-state index >= 15 is 0 Å². The van der Waals surface area contributed by atoms with Crippen LogP contribution in [0.15, 0.2) is 54.7 Å². The van der Waals surface area contributed by atoms with Crippen molar-refractivity contribution in [3.8, 4) is 11.4 Å². The molecule has 5 rings (SSSR count). The number of nitrogens with one attached hydrogen (secondary N) is 1. The molecule has 35 heavy (non-hydrogen) atoms. The molecule has 1 amide bonds. The van der Waals surface area contributed by atoms with Crippen molar-refractivity contribution >= 4 is 35.6 Å². The lowest BCUT2D eigenvalue weighted by Crippen LogP contribution is -2.49. The van der Waals surface area contributed by atoms with Crippen molar-refractivity contribution in [2.24, 2.45) is 0 Å². The Hall–Kier alpha value is -2.74. The highest BCUT2D eigenvalue weighted by Gasteiger charge is 2.30. The monoisotopic (exact) mass is 515 g/mol. The molecular weight excluding hydrogens is 485 g/mol. The largest absolute Gasteiger partial charge is 0.497 e. The van der Waals surface area contributed by atoms with Gasteiger partial charge in [0.15, 0.2) is 0 Å². The van der Waals surface area contributed by atoms with Crippen LogP contribution < -0.4 is 15.0 Å². The Balaban J connectivity index is 0.00000289. The minimum atomic E-state index is 0. The number of rotatable bonds is 5. The number of ether oxygens (including phenoxy) is 1. The van der Waals surface area contributed by atoms with Crippen molar-refractivity contribution in [1.82, 2.24) is 20.0 Å². The fraction of sp³-hybridized carbons (Fsp3) is 0.385. The summed E-state index contributed by atoms with van der Waals surface area (Å²) >= 11 is 6.17. The standard InChI is InChI=1S/C26H30ClN5O2.ClH/c1-34-23-7-5-21(6-8-23)32-25(19-9-11-28-12-10-19)24(18-29-32)26(33)31-15-13-30(14-16-31)22-4-2-3-20(27)17-22;/h2-8,17-19,28H,9-16H2,1H3;1H. The van der Waals surface area contributed by atoms with E-state index in [-0.39, 0.29) is 24.2 Å². The Bertz CT molecular complexity index is 1140. The normalized spacial score (nSPS) is 16.6. The number of aromatic nitrogens is 2. The highest BCUT2D eigenvalue weighted by atomic mass is 35.5. The van der Waals surface area contributed by atoms with Crippen LogP contribution in [0.2, 0.25) is 5.02 Å². The summed E-state index contributed by atoms with van der Waals surface area (Å²) in [6.07, 6.45) is 3.74. The lowest BCUT2D eigenvalue weighted by atomic mass is 9.91. The van der Waals surface area contributed by atoms with Crippen molar-refractivity contribution in [3.63, 3.8) is 0 Å². The molecule has 2 aliphatic rings. The first-order chi connectivity index (χ1) is 16.6. The predicted molar refractivity (Wildman–Crippen MR) is 142 cm³/mol. The maximum absolute atomic E-state index is 13.7. The predicted octanol–water partition coefficient (Wildman–Crippen LogP) is 4.39. The minimum Gasteiger partial charge on any atom is -0.497 e. The Morgan fingerprint density at radius 1 is 1.03 bits per heavy atom. The fourth-order valence-electron chi connectivity index (χ4n) is 4.95. The van der Waals surface area contributed by atoms with E-state index in [1.54, 1.807) is 13.3 Å². The average Bonchev–Trinajstić information content (AvgIpc) is 3.34. The molecule has 0 radical (unpaired) electrons. The van der Waals surface area contributed by atoms with Crippen LogP contribution in [0.5, 0.6) is 5.75 Å². The second-order valence-electron chi connectivity index (χ2n) is 8.84. The summed E-state index contributed by atoms with van der Waals surface area (Å²) in [4.78, 5) is 17.9. The van der Waals surface area contributed by atoms with Crippen molar-refractivity contribution in [2.45, 2.75) is 18.8 Å². The molecule has 2 fully saturated rings. The quantitative estimate of drug-likeness (QED) is 0.546. The van der Waals surface area contributed by atoms with Crippen molar-refractivity contribution in [3.05, 3.63) is 71.0 Å². The molecule has 7 nitrogen and oxygen atoms in total. The average molecular weight is 516 g/mol. The number of anilines is 1. The molecule has 0 atom stereocenters. The number of methoxy groups -OCH3 is 1. The van der Waals surface area contributed by atoms with E-state index in [1.165, 1.54) is 0 Å². The third-order valence-electron chi connectivity index (χ3n) is 6.82. The van der Waals surface area contributed by atoms with Gasteiger partial charge in [0.05, 0.1) is 30.3 Å². The second kappa shape index (κ2) is 11.3. The molecule has 2 aromatic carbocycles. The molecule has 2 aliphatic heterocycles. The van der Waals surface area contributed by atoms with Gasteiger partial charge in [0.1, 0.15) is 5.75 Å². The summed E-state index contributed by atoms with van der Waals surface area (Å²) in [6.45, 7) is 4.80. The zero-order chi connectivity index (χ0) is 23.5. The van der Waals surface area contributed by atoms with Crippen LogP contribution in [0, 0.1) is 0 Å². The summed E-state index contributed by atoms with van der Waals surface area (Å²) in [6, 6.07) is 15.7. The van der Waals surface area contributed by atoms with Crippen LogP contribution in [-0.4, -0.2) is 67.0 Å². The molecule has 1 aromatic heterocycles. The molecule has 0 spiro atoms. The molecule has 0 aliphatic carbocycles. The number of nitrogens with zero attached hydrogens (tertiary/aromatic N) is 4. The first-order valence-corrected chi connectivity index (χ1v) is 12.2. The van der Waals surface area contributed by atoms with Crippen LogP contribution in [0.25, 0.3) is 5.69 Å². The molecule has 3 aromatic rings. The van der Waals surface area contributed by atoms with E-state index in [0.29, 0.717) is 13.1 Å². The Kier molecular flexibility index (Phi) is 8.21. The van der Waals surface area contributed by atoms with Gasteiger partial charge in [0.2, 0.25) is 0 Å². The van der Waals surface area contributed by atoms with Gasteiger partial charge in [-0.2, -0.15) is 5.10 Å². The lowest BCUT2D eigenvalue weighted by Gasteiger charge is -2.36. The molecule has 9 heteroatoms. The molecule has 186 valence electrons. The smallest absolute Gasteiger partial charge is 0.257 e. The van der Waals surface area contributed by atoms with Crippen LogP contribution in [0.3, 0.4) is 0 Å². The second-order valence-corrected chi connectivity index (χ2v) is 9.27. The highest BCUT2D eigenvalue weighted by Crippen LogP contribution is 2.32. The number of carbonyl (C=O) groups is 1. The number of piperidine rings is 1. The van der Waals surface area contributed by atoms with Crippen LogP contribution in [0.4, 0.5) is 5.69 Å². The van der Waals surface area contributed by atoms with Gasteiger partial charge in [-0.05, 0) is 68.4 Å². The zero-order valence-corrected chi connectivity index (χ0v) is 21.4. The number of hydrogen-bond donors (Lipinski definition) is 1. The van der Waals surface area contributed by atoms with Crippen molar-refractivity contribution < 1.29 is 9.53 Å². The molecule has 0 unspecified atom stereocenters. The van der Waals surface area contributed by atoms with E-state index in [9.17, 15) is 4.79 Å². The molecule has 2 saturated heterocycles. The van der Waals surface area contributed by atoms with E-state index in [4.69, 9.17) is 16.3 Å². The van der Waals surface area contributed by atoms with Gasteiger partial charge < -0.3 is 19.9 Å². The van der Waals surface area contributed by atoms with Gasteiger partial charge in [-0.15, -0.1) is 12.4 Å². The topological polar surface area (TPSA) is 62.6 Å². The first-order valence-electron chi connectivity index (χ1n) is 11.9. The SMILES string of the molecule is COc1ccc(-n2ncc(C(=O)N3CCN(c4cccc(Cl)c4)CC3)c2C2CCNCC2)cc1.Cl. The minimum absolute atomic E-state index is 0. The third kappa shape index (κ3) is 5.42. The summed E-state index contributed by atoms with van der Waals surface area (Å²) in [7, 11) is 1.66. The lowest BCUT2D eigenvalue weighted by molar-refractivity contribution is 0.0744. The van der Waals surface area contributed by atoms with Crippen molar-refractivity contribution in [1.29, 1.82) is 0 Å². The molecule has 3 heterocycles. The van der Waals surface area contributed by atoms with Gasteiger partial charge in [0, 0.05) is 42.8 Å². The number of halogens is 2. The summed E-state index contributed by atoms with van der Waals surface area (Å²) in [5, 5.41) is 8.85. The van der Waals surface area contributed by atoms with Crippen LogP contribution in [0.1, 0.15) is 34.8 Å². The Morgan fingerprint density at radius 3 is 2.40 bits per heavy atom. The van der Waals surface area contributed by atoms with Gasteiger partial charge in [-0.3, -0.25) is 4.79 Å². The molecular formula is C26H31Cl2N5O2. The van der Waals surface area contributed by atoms with Gasteiger partial charge >= 0.3 is 0 Å². The van der Waals surface area contributed by atoms with Crippen molar-refractivity contribution in [2.75, 3.05) is 51.3 Å². The van der Waals surface area contributed by atoms with E-state index < -0.39 is 0 Å². The number of hydrogen-bond acceptors (Lipinski definition) is 5. The molecule has 1 N–H and O–H groups in total. The molecule has 0 bridgehead atoms. The summed E-state index contributed by atoms with van der Waals surface area (Å²) < 4.78 is 7.26. The van der Waals surface area contributed by atoms with E-state index in [2.05, 4.69) is 21.4 Å². The van der Waals surface area contributed by atoms with E-state index in [0.717, 1.165) is 72.4 Å². The zero-order valence-electron chi connectivity index (χ0n) is 19.8. The summed E-state index contributed by atoms with van der Waals surface area (Å²) in [5.74, 6) is 1.16. The van der Waals surface area contributed by atoms with Crippen LogP contribution >= 0.6 is 24.0 Å². The van der Waals surface area contributed by atoms with E-state index in [1.807, 2.05) is 52.0 Å². The maximum Gasteiger partial charge on any atom is 0.257 e. The maximum atomic E-state index is 13.7. The van der Waals surface area contributed by atoms with Gasteiger partial charge in [-0.1, -0.05) is 17.7 Å². The Morgan fingerprint density at radius 2 is 1.74 bits per heavy atom. The number of benzene rings is 2.